The van der Waals surface area contributed by atoms with Gasteiger partial charge in [0.25, 0.3) is 0 Å². The van der Waals surface area contributed by atoms with Crippen LogP contribution >= 0.6 is 22.9 Å². The average molecular weight is 509 g/mol. The van der Waals surface area contributed by atoms with E-state index in [1.165, 1.54) is 30.2 Å². The maximum Gasteiger partial charge on any atom is 0.224 e. The lowest BCUT2D eigenvalue weighted by Gasteiger charge is -2.38. The predicted octanol–water partition coefficient (Wildman–Crippen LogP) is 5.37. The molecule has 3 heterocycles. The van der Waals surface area contributed by atoms with Gasteiger partial charge < -0.3 is 15.0 Å². The van der Waals surface area contributed by atoms with Gasteiger partial charge in [0.15, 0.2) is 10.9 Å². The molecule has 1 saturated heterocycles. The van der Waals surface area contributed by atoms with Crippen LogP contribution in [-0.2, 0) is 4.79 Å². The number of carbonyl (C=O) groups is 1. The number of anilines is 2. The van der Waals surface area contributed by atoms with Crippen LogP contribution in [0.5, 0.6) is 11.6 Å². The first-order chi connectivity index (χ1) is 17.0. The minimum Gasteiger partial charge on any atom is -0.437 e. The van der Waals surface area contributed by atoms with Gasteiger partial charge in [0.2, 0.25) is 11.8 Å². The third-order valence-electron chi connectivity index (χ3n) is 6.05. The number of ether oxygens (including phenoxy) is 1. The highest BCUT2D eigenvalue weighted by Gasteiger charge is 2.23. The smallest absolute Gasteiger partial charge is 0.224 e. The first-order valence-corrected chi connectivity index (χ1v) is 12.6. The number of fused-ring (bicyclic) bond motifs is 1. The predicted molar refractivity (Wildman–Crippen MR) is 140 cm³/mol. The van der Waals surface area contributed by atoms with Gasteiger partial charge in [-0.2, -0.15) is 0 Å². The number of halogens is 1. The zero-order chi connectivity index (χ0) is 24.4. The number of piperazine rings is 1. The fourth-order valence-corrected chi connectivity index (χ4v) is 5.23. The number of carbonyl (C=O) groups excluding carboxylic acids is 1. The molecule has 0 radical (unpaired) electrons. The van der Waals surface area contributed by atoms with Crippen LogP contribution in [0.1, 0.15) is 25.5 Å². The second-order valence-electron chi connectivity index (χ2n) is 8.37. The molecule has 4 aromatic rings. The van der Waals surface area contributed by atoms with Gasteiger partial charge in [-0.3, -0.25) is 9.69 Å². The molecule has 1 unspecified atom stereocenters. The first kappa shape index (κ1) is 23.5. The van der Waals surface area contributed by atoms with Gasteiger partial charge in [0.05, 0.1) is 4.70 Å². The molecule has 180 valence electrons. The third kappa shape index (κ3) is 5.37. The Morgan fingerprint density at radius 1 is 1.11 bits per heavy atom. The molecular formula is C25H25ClN6O2S. The Labute approximate surface area is 212 Å². The summed E-state index contributed by atoms with van der Waals surface area (Å²) in [5.74, 6) is 1.71. The van der Waals surface area contributed by atoms with Gasteiger partial charge in [-0.25, -0.2) is 15.0 Å². The number of para-hydroxylation sites is 1. The van der Waals surface area contributed by atoms with Crippen LogP contribution in [0.2, 0.25) is 5.02 Å². The molecule has 0 aliphatic carbocycles. The molecule has 10 heteroatoms. The Morgan fingerprint density at radius 2 is 1.89 bits per heavy atom. The SMILES string of the molecule is CC(=O)Nc1nc2c(Oc3cc(N4CCN(C(C)c5ccc(Cl)cc5)CC4)ncn3)cccc2s1. The van der Waals surface area contributed by atoms with Crippen molar-refractivity contribution in [3.05, 3.63) is 65.4 Å². The lowest BCUT2D eigenvalue weighted by molar-refractivity contribution is -0.114. The molecule has 2 aromatic carbocycles. The Kier molecular flexibility index (Phi) is 6.81. The molecule has 2 aromatic heterocycles. The summed E-state index contributed by atoms with van der Waals surface area (Å²) in [5, 5.41) is 4.03. The first-order valence-electron chi connectivity index (χ1n) is 11.4. The summed E-state index contributed by atoms with van der Waals surface area (Å²) in [7, 11) is 0. The van der Waals surface area contributed by atoms with Crippen LogP contribution < -0.4 is 15.0 Å². The summed E-state index contributed by atoms with van der Waals surface area (Å²) in [5.41, 5.74) is 1.95. The van der Waals surface area contributed by atoms with Gasteiger partial charge in [0, 0.05) is 50.2 Å². The monoisotopic (exact) mass is 508 g/mol. The minimum absolute atomic E-state index is 0.158. The van der Waals surface area contributed by atoms with Crippen molar-refractivity contribution in [2.24, 2.45) is 0 Å². The maximum absolute atomic E-state index is 11.4. The van der Waals surface area contributed by atoms with E-state index in [2.05, 4.69) is 49.1 Å². The summed E-state index contributed by atoms with van der Waals surface area (Å²) in [6.45, 7) is 7.25. The highest BCUT2D eigenvalue weighted by molar-refractivity contribution is 7.22. The average Bonchev–Trinajstić information content (AvgIpc) is 3.27. The van der Waals surface area contributed by atoms with E-state index in [9.17, 15) is 4.79 Å². The van der Waals surface area contributed by atoms with Crippen molar-refractivity contribution >= 4 is 50.0 Å². The number of hydrogen-bond acceptors (Lipinski definition) is 8. The summed E-state index contributed by atoms with van der Waals surface area (Å²) in [6, 6.07) is 15.9. The number of rotatable bonds is 6. The van der Waals surface area contributed by atoms with E-state index >= 15 is 0 Å². The second-order valence-corrected chi connectivity index (χ2v) is 9.84. The molecule has 0 saturated carbocycles. The minimum atomic E-state index is -0.158. The number of hydrogen-bond donors (Lipinski definition) is 1. The summed E-state index contributed by atoms with van der Waals surface area (Å²) in [4.78, 5) is 29.4. The van der Waals surface area contributed by atoms with E-state index in [4.69, 9.17) is 16.3 Å². The van der Waals surface area contributed by atoms with Gasteiger partial charge >= 0.3 is 0 Å². The van der Waals surface area contributed by atoms with Crippen LogP contribution in [0.3, 0.4) is 0 Å². The van der Waals surface area contributed by atoms with Crippen LogP contribution in [-0.4, -0.2) is 51.9 Å². The highest BCUT2D eigenvalue weighted by atomic mass is 35.5. The van der Waals surface area contributed by atoms with Crippen molar-refractivity contribution in [2.45, 2.75) is 19.9 Å². The Morgan fingerprint density at radius 3 is 2.63 bits per heavy atom. The van der Waals surface area contributed by atoms with Crippen molar-refractivity contribution in [2.75, 3.05) is 36.4 Å². The summed E-state index contributed by atoms with van der Waals surface area (Å²) in [6.07, 6.45) is 1.53. The Balaban J connectivity index is 1.27. The lowest BCUT2D eigenvalue weighted by Crippen LogP contribution is -2.47. The summed E-state index contributed by atoms with van der Waals surface area (Å²) < 4.78 is 7.02. The van der Waals surface area contributed by atoms with Crippen molar-refractivity contribution < 1.29 is 9.53 Å². The molecule has 0 bridgehead atoms. The van der Waals surface area contributed by atoms with E-state index in [1.54, 1.807) is 0 Å². The molecule has 1 amide bonds. The van der Waals surface area contributed by atoms with Crippen LogP contribution in [0.15, 0.2) is 54.9 Å². The lowest BCUT2D eigenvalue weighted by atomic mass is 10.1. The molecule has 1 fully saturated rings. The Bertz CT molecular complexity index is 1340. The van der Waals surface area contributed by atoms with Crippen molar-refractivity contribution in [1.29, 1.82) is 0 Å². The number of amides is 1. The Hall–Kier alpha value is -3.27. The largest absolute Gasteiger partial charge is 0.437 e. The summed E-state index contributed by atoms with van der Waals surface area (Å²) >= 11 is 7.44. The molecule has 1 aliphatic heterocycles. The van der Waals surface area contributed by atoms with Gasteiger partial charge in [-0.15, -0.1) is 0 Å². The molecular weight excluding hydrogens is 484 g/mol. The molecule has 1 N–H and O–H groups in total. The molecule has 1 aliphatic rings. The fraction of sp³-hybridized carbons (Fsp3) is 0.280. The highest BCUT2D eigenvalue weighted by Crippen LogP contribution is 2.35. The van der Waals surface area contributed by atoms with Gasteiger partial charge in [0.1, 0.15) is 17.7 Å². The zero-order valence-corrected chi connectivity index (χ0v) is 21.0. The molecule has 1 atom stereocenters. The maximum atomic E-state index is 11.4. The van der Waals surface area contributed by atoms with Crippen LogP contribution in [0.4, 0.5) is 10.9 Å². The van der Waals surface area contributed by atoms with E-state index in [0.717, 1.165) is 41.7 Å². The van der Waals surface area contributed by atoms with E-state index < -0.39 is 0 Å². The number of thiazole rings is 1. The number of aromatic nitrogens is 3. The standard InChI is InChI=1S/C25H25ClN6O2S/c1-16(18-6-8-19(26)9-7-18)31-10-12-32(13-11-31)22-14-23(28-15-27-22)34-20-4-3-5-21-24(20)30-25(35-21)29-17(2)33/h3-9,14-16H,10-13H2,1-2H3,(H,29,30,33). The van der Waals surface area contributed by atoms with Gasteiger partial charge in [-0.1, -0.05) is 41.1 Å². The van der Waals surface area contributed by atoms with Gasteiger partial charge in [-0.05, 0) is 36.8 Å². The van der Waals surface area contributed by atoms with E-state index in [-0.39, 0.29) is 5.91 Å². The number of nitrogens with zero attached hydrogens (tertiary/aromatic N) is 5. The van der Waals surface area contributed by atoms with E-state index in [1.807, 2.05) is 36.4 Å². The zero-order valence-electron chi connectivity index (χ0n) is 19.4. The fourth-order valence-electron chi connectivity index (χ4n) is 4.17. The normalized spacial score (nSPS) is 15.2. The second kappa shape index (κ2) is 10.2. The van der Waals surface area contributed by atoms with Crippen LogP contribution in [0, 0.1) is 0 Å². The quantitative estimate of drug-likeness (QED) is 0.374. The molecule has 5 rings (SSSR count). The van der Waals surface area contributed by atoms with Crippen LogP contribution in [0.25, 0.3) is 10.2 Å². The third-order valence-corrected chi connectivity index (χ3v) is 7.23. The topological polar surface area (TPSA) is 83.5 Å². The number of nitrogens with one attached hydrogen (secondary N) is 1. The van der Waals surface area contributed by atoms with Crippen molar-refractivity contribution in [1.82, 2.24) is 19.9 Å². The van der Waals surface area contributed by atoms with Crippen molar-refractivity contribution in [3.63, 3.8) is 0 Å². The molecule has 0 spiro atoms. The van der Waals surface area contributed by atoms with Crippen molar-refractivity contribution in [3.8, 4) is 11.6 Å². The molecule has 35 heavy (non-hydrogen) atoms. The molecule has 8 nitrogen and oxygen atoms in total. The number of benzene rings is 2. The van der Waals surface area contributed by atoms with E-state index in [0.29, 0.717) is 28.3 Å².